The van der Waals surface area contributed by atoms with E-state index in [1.54, 1.807) is 11.8 Å². The van der Waals surface area contributed by atoms with E-state index in [1.165, 1.54) is 10.5 Å². The fourth-order valence-corrected chi connectivity index (χ4v) is 4.38. The number of benzene rings is 1. The van der Waals surface area contributed by atoms with E-state index in [9.17, 15) is 4.79 Å². The molecule has 2 aliphatic heterocycles. The van der Waals surface area contributed by atoms with Crippen LogP contribution in [0.15, 0.2) is 50.8 Å². The molecule has 1 N–H and O–H groups in total. The van der Waals surface area contributed by atoms with Gasteiger partial charge in [0, 0.05) is 36.4 Å². The molecule has 2 fully saturated rings. The van der Waals surface area contributed by atoms with Gasteiger partial charge in [-0.3, -0.25) is 9.69 Å². The Labute approximate surface area is 146 Å². The summed E-state index contributed by atoms with van der Waals surface area (Å²) in [6.45, 7) is 4.91. The van der Waals surface area contributed by atoms with Crippen LogP contribution in [0, 0.1) is 12.8 Å². The largest absolute Gasteiger partial charge is 0.453 e. The van der Waals surface area contributed by atoms with E-state index < -0.39 is 0 Å². The summed E-state index contributed by atoms with van der Waals surface area (Å²) in [6.07, 6.45) is 1.72. The van der Waals surface area contributed by atoms with E-state index in [-0.39, 0.29) is 5.91 Å². The van der Waals surface area contributed by atoms with Crippen molar-refractivity contribution >= 4 is 17.7 Å². The number of carbonyl (C=O) groups is 1. The summed E-state index contributed by atoms with van der Waals surface area (Å²) < 4.78 is 5.99. The van der Waals surface area contributed by atoms with E-state index in [1.807, 2.05) is 6.07 Å². The first-order valence-corrected chi connectivity index (χ1v) is 9.32. The maximum absolute atomic E-state index is 11.5. The van der Waals surface area contributed by atoms with Crippen molar-refractivity contribution in [3.05, 3.63) is 47.7 Å². The SMILES string of the molecule is Cc1ccc(Sc2ccc(CN3CC[C@@H]4NC(=O)C[C@@H]4C3)o2)cc1. The van der Waals surface area contributed by atoms with Gasteiger partial charge in [-0.15, -0.1) is 0 Å². The molecule has 0 saturated carbocycles. The maximum atomic E-state index is 11.5. The number of carbonyl (C=O) groups excluding carboxylic acids is 1. The van der Waals surface area contributed by atoms with Crippen LogP contribution in [-0.4, -0.2) is 29.9 Å². The average Bonchev–Trinajstić information content (AvgIpc) is 3.14. The van der Waals surface area contributed by atoms with E-state index in [0.29, 0.717) is 18.4 Å². The van der Waals surface area contributed by atoms with Gasteiger partial charge in [0.05, 0.1) is 6.54 Å². The molecular formula is C19H22N2O2S. The average molecular weight is 342 g/mol. The van der Waals surface area contributed by atoms with E-state index in [4.69, 9.17) is 4.42 Å². The quantitative estimate of drug-likeness (QED) is 0.924. The molecule has 24 heavy (non-hydrogen) atoms. The van der Waals surface area contributed by atoms with Gasteiger partial charge in [-0.2, -0.15) is 0 Å². The summed E-state index contributed by atoms with van der Waals surface area (Å²) in [5, 5.41) is 4.02. The number of rotatable bonds is 4. The second kappa shape index (κ2) is 6.65. The highest BCUT2D eigenvalue weighted by atomic mass is 32.2. The number of hydrogen-bond acceptors (Lipinski definition) is 4. The van der Waals surface area contributed by atoms with Crippen molar-refractivity contribution in [3.63, 3.8) is 0 Å². The molecule has 4 rings (SSSR count). The van der Waals surface area contributed by atoms with E-state index in [0.717, 1.165) is 36.9 Å². The lowest BCUT2D eigenvalue weighted by atomic mass is 9.93. The van der Waals surface area contributed by atoms with Crippen LogP contribution in [0.2, 0.25) is 0 Å². The zero-order valence-corrected chi connectivity index (χ0v) is 14.6. The maximum Gasteiger partial charge on any atom is 0.220 e. The Bertz CT molecular complexity index is 725. The van der Waals surface area contributed by atoms with Crippen molar-refractivity contribution in [2.45, 2.75) is 42.3 Å². The fraction of sp³-hybridized carbons (Fsp3) is 0.421. The smallest absolute Gasteiger partial charge is 0.220 e. The molecule has 0 aliphatic carbocycles. The van der Waals surface area contributed by atoms with Gasteiger partial charge >= 0.3 is 0 Å². The highest BCUT2D eigenvalue weighted by Crippen LogP contribution is 2.31. The predicted molar refractivity (Wildman–Crippen MR) is 93.9 cm³/mol. The first kappa shape index (κ1) is 15.8. The number of furan rings is 1. The normalized spacial score (nSPS) is 24.0. The molecule has 0 unspecified atom stereocenters. The van der Waals surface area contributed by atoms with Gasteiger partial charge in [-0.1, -0.05) is 29.5 Å². The van der Waals surface area contributed by atoms with Crippen molar-refractivity contribution in [1.29, 1.82) is 0 Å². The van der Waals surface area contributed by atoms with Crippen molar-refractivity contribution < 1.29 is 9.21 Å². The fourth-order valence-electron chi connectivity index (χ4n) is 3.59. The molecule has 2 aliphatic rings. The van der Waals surface area contributed by atoms with E-state index >= 15 is 0 Å². The molecule has 1 aromatic heterocycles. The standard InChI is InChI=1S/C19H22N2O2S/c1-13-2-5-16(6-3-13)24-19-7-4-15(23-19)12-21-9-8-17-14(11-21)10-18(22)20-17/h2-7,14,17H,8-12H2,1H3,(H,20,22)/t14-,17+/m1/s1. The highest BCUT2D eigenvalue weighted by Gasteiger charge is 2.36. The molecule has 0 bridgehead atoms. The van der Waals surface area contributed by atoms with Crippen LogP contribution in [0.5, 0.6) is 0 Å². The summed E-state index contributed by atoms with van der Waals surface area (Å²) in [4.78, 5) is 15.1. The summed E-state index contributed by atoms with van der Waals surface area (Å²) >= 11 is 1.66. The molecule has 0 spiro atoms. The molecule has 126 valence electrons. The molecular weight excluding hydrogens is 320 g/mol. The lowest BCUT2D eigenvalue weighted by Crippen LogP contribution is -2.44. The Hall–Kier alpha value is -1.72. The second-order valence-corrected chi connectivity index (χ2v) is 7.88. The number of piperidine rings is 1. The predicted octanol–water partition coefficient (Wildman–Crippen LogP) is 3.45. The first-order valence-electron chi connectivity index (χ1n) is 8.51. The van der Waals surface area contributed by atoms with Gasteiger partial charge in [0.15, 0.2) is 5.09 Å². The summed E-state index contributed by atoms with van der Waals surface area (Å²) in [6, 6.07) is 13.0. The highest BCUT2D eigenvalue weighted by molar-refractivity contribution is 7.99. The third-order valence-corrected chi connectivity index (χ3v) is 5.80. The Kier molecular flexibility index (Phi) is 4.37. The van der Waals surface area contributed by atoms with Crippen LogP contribution < -0.4 is 5.32 Å². The number of nitrogens with one attached hydrogen (secondary N) is 1. The molecule has 0 radical (unpaired) electrons. The summed E-state index contributed by atoms with van der Waals surface area (Å²) in [5.41, 5.74) is 1.27. The molecule has 1 aromatic carbocycles. The molecule has 4 nitrogen and oxygen atoms in total. The van der Waals surface area contributed by atoms with Crippen molar-refractivity contribution in [2.75, 3.05) is 13.1 Å². The molecule has 2 aromatic rings. The van der Waals surface area contributed by atoms with Crippen LogP contribution in [0.25, 0.3) is 0 Å². The number of amides is 1. The minimum Gasteiger partial charge on any atom is -0.453 e. The number of hydrogen-bond donors (Lipinski definition) is 1. The van der Waals surface area contributed by atoms with Gasteiger partial charge in [-0.25, -0.2) is 0 Å². The molecule has 5 heteroatoms. The Morgan fingerprint density at radius 2 is 2.08 bits per heavy atom. The van der Waals surface area contributed by atoms with Crippen LogP contribution in [-0.2, 0) is 11.3 Å². The van der Waals surface area contributed by atoms with Gasteiger partial charge in [0.25, 0.3) is 0 Å². The van der Waals surface area contributed by atoms with E-state index in [2.05, 4.69) is 47.5 Å². The van der Waals surface area contributed by atoms with Crippen LogP contribution >= 0.6 is 11.8 Å². The number of nitrogens with zero attached hydrogens (tertiary/aromatic N) is 1. The molecule has 1 amide bonds. The van der Waals surface area contributed by atoms with Crippen molar-refractivity contribution in [1.82, 2.24) is 10.2 Å². The monoisotopic (exact) mass is 342 g/mol. The lowest BCUT2D eigenvalue weighted by molar-refractivity contribution is -0.119. The molecule has 2 saturated heterocycles. The van der Waals surface area contributed by atoms with Crippen LogP contribution in [0.4, 0.5) is 0 Å². The molecule has 3 heterocycles. The Balaban J connectivity index is 1.35. The lowest BCUT2D eigenvalue weighted by Gasteiger charge is -2.33. The Morgan fingerprint density at radius 1 is 1.25 bits per heavy atom. The van der Waals surface area contributed by atoms with Crippen LogP contribution in [0.1, 0.15) is 24.2 Å². The number of likely N-dealkylation sites (tertiary alicyclic amines) is 1. The molecule has 2 atom stereocenters. The zero-order valence-electron chi connectivity index (χ0n) is 13.8. The van der Waals surface area contributed by atoms with Gasteiger partial charge in [0.2, 0.25) is 5.91 Å². The van der Waals surface area contributed by atoms with Gasteiger partial charge < -0.3 is 9.73 Å². The topological polar surface area (TPSA) is 45.5 Å². The minimum atomic E-state index is 0.210. The van der Waals surface area contributed by atoms with Gasteiger partial charge in [0.1, 0.15) is 5.76 Å². The van der Waals surface area contributed by atoms with Crippen molar-refractivity contribution in [2.24, 2.45) is 5.92 Å². The second-order valence-electron chi connectivity index (χ2n) is 6.80. The zero-order chi connectivity index (χ0) is 16.5. The first-order chi connectivity index (χ1) is 11.7. The summed E-state index contributed by atoms with van der Waals surface area (Å²) in [5.74, 6) is 1.67. The number of aryl methyl sites for hydroxylation is 1. The third kappa shape index (κ3) is 3.52. The minimum absolute atomic E-state index is 0.210. The Morgan fingerprint density at radius 3 is 2.92 bits per heavy atom. The number of fused-ring (bicyclic) bond motifs is 1. The third-order valence-electron chi connectivity index (χ3n) is 4.87. The van der Waals surface area contributed by atoms with Crippen molar-refractivity contribution in [3.8, 4) is 0 Å². The van der Waals surface area contributed by atoms with Crippen LogP contribution in [0.3, 0.4) is 0 Å². The summed E-state index contributed by atoms with van der Waals surface area (Å²) in [7, 11) is 0. The van der Waals surface area contributed by atoms with Gasteiger partial charge in [-0.05, 0) is 37.6 Å².